The number of benzene rings is 1. The van der Waals surface area contributed by atoms with Crippen molar-refractivity contribution in [2.75, 3.05) is 0 Å². The third-order valence-corrected chi connectivity index (χ3v) is 2.03. The van der Waals surface area contributed by atoms with Crippen LogP contribution < -0.4 is 5.73 Å². The number of para-hydroxylation sites is 1. The number of hydrogen-bond acceptors (Lipinski definition) is 2. The Balaban J connectivity index is 3.28. The summed E-state index contributed by atoms with van der Waals surface area (Å²) in [7, 11) is 0. The molecule has 0 heterocycles. The number of rotatable bonds is 2. The lowest BCUT2D eigenvalue weighted by Crippen LogP contribution is -2.11. The van der Waals surface area contributed by atoms with E-state index in [1.54, 1.807) is 6.92 Å². The van der Waals surface area contributed by atoms with Crippen molar-refractivity contribution < 1.29 is 13.9 Å². The van der Waals surface area contributed by atoms with Gasteiger partial charge in [-0.3, -0.25) is 0 Å². The van der Waals surface area contributed by atoms with E-state index in [1.807, 2.05) is 0 Å². The molecule has 1 aromatic carbocycles. The Kier molecular flexibility index (Phi) is 2.76. The summed E-state index contributed by atoms with van der Waals surface area (Å²) in [5, 5.41) is 9.53. The highest BCUT2D eigenvalue weighted by Crippen LogP contribution is 2.37. The number of alkyl halides is 2. The molecule has 0 saturated heterocycles. The first-order chi connectivity index (χ1) is 6.34. The van der Waals surface area contributed by atoms with Crippen LogP contribution >= 0.6 is 0 Å². The van der Waals surface area contributed by atoms with Gasteiger partial charge in [0.05, 0.1) is 5.56 Å². The smallest absolute Gasteiger partial charge is 0.274 e. The van der Waals surface area contributed by atoms with Crippen molar-refractivity contribution in [2.24, 2.45) is 5.73 Å². The third kappa shape index (κ3) is 2.01. The second-order valence-corrected chi connectivity index (χ2v) is 3.42. The Hall–Kier alpha value is -1.16. The Morgan fingerprint density at radius 3 is 2.43 bits per heavy atom. The van der Waals surface area contributed by atoms with Gasteiger partial charge >= 0.3 is 0 Å². The average molecular weight is 201 g/mol. The summed E-state index contributed by atoms with van der Waals surface area (Å²) >= 11 is 0. The summed E-state index contributed by atoms with van der Waals surface area (Å²) in [6, 6.07) is 3.74. The van der Waals surface area contributed by atoms with Crippen LogP contribution in [0.2, 0.25) is 0 Å². The van der Waals surface area contributed by atoms with E-state index in [0.717, 1.165) is 6.92 Å². The fraction of sp³-hybridized carbons (Fsp3) is 0.400. The highest BCUT2D eigenvalue weighted by molar-refractivity contribution is 5.43. The molecule has 0 amide bonds. The number of halogens is 2. The highest BCUT2D eigenvalue weighted by atomic mass is 19.3. The zero-order valence-electron chi connectivity index (χ0n) is 8.09. The van der Waals surface area contributed by atoms with Crippen LogP contribution in [0.3, 0.4) is 0 Å². The number of aromatic hydroxyl groups is 1. The molecule has 4 heteroatoms. The molecule has 78 valence electrons. The van der Waals surface area contributed by atoms with Gasteiger partial charge in [-0.05, 0) is 13.0 Å². The van der Waals surface area contributed by atoms with E-state index in [4.69, 9.17) is 5.73 Å². The molecule has 3 N–H and O–H groups in total. The van der Waals surface area contributed by atoms with Gasteiger partial charge < -0.3 is 10.8 Å². The number of nitrogens with two attached hydrogens (primary N) is 1. The summed E-state index contributed by atoms with van der Waals surface area (Å²) in [6.07, 6.45) is 0. The maximum Gasteiger partial charge on any atom is 0.274 e. The van der Waals surface area contributed by atoms with Gasteiger partial charge in [-0.15, -0.1) is 0 Å². The van der Waals surface area contributed by atoms with Gasteiger partial charge in [0.2, 0.25) is 0 Å². The molecule has 1 aromatic rings. The standard InChI is InChI=1S/C10H13F2NO/c1-6(13)7-4-3-5-8(9(7)14)10(2,11)12/h3-6,14H,13H2,1-2H3. The molecule has 0 aliphatic rings. The molecule has 0 aliphatic heterocycles. The minimum Gasteiger partial charge on any atom is -0.507 e. The predicted molar refractivity (Wildman–Crippen MR) is 50.3 cm³/mol. The SMILES string of the molecule is CC(N)c1cccc(C(C)(F)F)c1O. The Labute approximate surface area is 81.4 Å². The lowest BCUT2D eigenvalue weighted by atomic mass is 10.0. The van der Waals surface area contributed by atoms with E-state index in [-0.39, 0.29) is 5.56 Å². The molecule has 14 heavy (non-hydrogen) atoms. The van der Waals surface area contributed by atoms with Crippen LogP contribution in [0.5, 0.6) is 5.75 Å². The zero-order chi connectivity index (χ0) is 10.9. The minimum atomic E-state index is -3.05. The van der Waals surface area contributed by atoms with Crippen molar-refractivity contribution in [1.82, 2.24) is 0 Å². The first-order valence-electron chi connectivity index (χ1n) is 4.29. The molecule has 0 aromatic heterocycles. The maximum absolute atomic E-state index is 13.0. The molecule has 0 fully saturated rings. The fourth-order valence-corrected chi connectivity index (χ4v) is 1.28. The van der Waals surface area contributed by atoms with Crippen LogP contribution in [0.25, 0.3) is 0 Å². The fourth-order valence-electron chi connectivity index (χ4n) is 1.28. The first kappa shape index (κ1) is 10.9. The topological polar surface area (TPSA) is 46.2 Å². The molecule has 1 rings (SSSR count). The van der Waals surface area contributed by atoms with Gasteiger partial charge in [0.1, 0.15) is 5.75 Å². The van der Waals surface area contributed by atoms with Crippen LogP contribution in [0.15, 0.2) is 18.2 Å². The Morgan fingerprint density at radius 2 is 2.00 bits per heavy atom. The number of phenols is 1. The van der Waals surface area contributed by atoms with Gasteiger partial charge in [-0.1, -0.05) is 12.1 Å². The Morgan fingerprint density at radius 1 is 1.43 bits per heavy atom. The van der Waals surface area contributed by atoms with Gasteiger partial charge in [0.15, 0.2) is 0 Å². The monoisotopic (exact) mass is 201 g/mol. The van der Waals surface area contributed by atoms with Gasteiger partial charge in [0.25, 0.3) is 5.92 Å². The first-order valence-corrected chi connectivity index (χ1v) is 4.29. The van der Waals surface area contributed by atoms with Crippen molar-refractivity contribution in [3.8, 4) is 5.75 Å². The summed E-state index contributed by atoms with van der Waals surface area (Å²) in [5.41, 5.74) is 5.48. The number of hydrogen-bond donors (Lipinski definition) is 2. The van der Waals surface area contributed by atoms with Gasteiger partial charge in [-0.25, -0.2) is 8.78 Å². The van der Waals surface area contributed by atoms with Crippen molar-refractivity contribution in [1.29, 1.82) is 0 Å². The zero-order valence-corrected chi connectivity index (χ0v) is 8.09. The van der Waals surface area contributed by atoms with Crippen molar-refractivity contribution in [3.63, 3.8) is 0 Å². The second-order valence-electron chi connectivity index (χ2n) is 3.42. The minimum absolute atomic E-state index is 0.337. The molecular formula is C10H13F2NO. The van der Waals surface area contributed by atoms with E-state index < -0.39 is 17.7 Å². The van der Waals surface area contributed by atoms with Crippen LogP contribution in [0.4, 0.5) is 8.78 Å². The van der Waals surface area contributed by atoms with E-state index in [0.29, 0.717) is 5.56 Å². The summed E-state index contributed by atoms with van der Waals surface area (Å²) < 4.78 is 25.9. The predicted octanol–water partition coefficient (Wildman–Crippen LogP) is 2.52. The van der Waals surface area contributed by atoms with E-state index in [9.17, 15) is 13.9 Å². The van der Waals surface area contributed by atoms with Crippen molar-refractivity contribution in [3.05, 3.63) is 29.3 Å². The molecule has 0 spiro atoms. The average Bonchev–Trinajstić information content (AvgIpc) is 2.01. The normalized spacial score (nSPS) is 14.1. The molecular weight excluding hydrogens is 188 g/mol. The molecule has 0 radical (unpaired) electrons. The molecule has 2 nitrogen and oxygen atoms in total. The van der Waals surface area contributed by atoms with E-state index in [2.05, 4.69) is 0 Å². The molecule has 1 atom stereocenters. The lowest BCUT2D eigenvalue weighted by Gasteiger charge is -2.16. The lowest BCUT2D eigenvalue weighted by molar-refractivity contribution is 0.0150. The summed E-state index contributed by atoms with van der Waals surface area (Å²) in [6.45, 7) is 2.37. The molecule has 0 aliphatic carbocycles. The quantitative estimate of drug-likeness (QED) is 0.772. The van der Waals surface area contributed by atoms with E-state index in [1.165, 1.54) is 18.2 Å². The largest absolute Gasteiger partial charge is 0.507 e. The van der Waals surface area contributed by atoms with Crippen LogP contribution in [-0.2, 0) is 5.92 Å². The van der Waals surface area contributed by atoms with Gasteiger partial charge in [0, 0.05) is 18.5 Å². The second kappa shape index (κ2) is 3.53. The summed E-state index contributed by atoms with van der Waals surface area (Å²) in [4.78, 5) is 0. The van der Waals surface area contributed by atoms with Crippen LogP contribution in [-0.4, -0.2) is 5.11 Å². The third-order valence-electron chi connectivity index (χ3n) is 2.03. The van der Waals surface area contributed by atoms with Crippen molar-refractivity contribution >= 4 is 0 Å². The van der Waals surface area contributed by atoms with Crippen LogP contribution in [0.1, 0.15) is 31.0 Å². The molecule has 0 bridgehead atoms. The summed E-state index contributed by atoms with van der Waals surface area (Å²) in [5.74, 6) is -3.45. The number of phenolic OH excluding ortho intramolecular Hbond substituents is 1. The van der Waals surface area contributed by atoms with Crippen molar-refractivity contribution in [2.45, 2.75) is 25.8 Å². The van der Waals surface area contributed by atoms with Gasteiger partial charge in [-0.2, -0.15) is 0 Å². The van der Waals surface area contributed by atoms with E-state index >= 15 is 0 Å². The highest BCUT2D eigenvalue weighted by Gasteiger charge is 2.29. The molecule has 0 saturated carbocycles. The Bertz CT molecular complexity index is 331. The molecule has 1 unspecified atom stereocenters. The maximum atomic E-state index is 13.0. The van der Waals surface area contributed by atoms with Crippen LogP contribution in [0, 0.1) is 0 Å².